The highest BCUT2D eigenvalue weighted by Crippen LogP contribution is 2.22. The molecule has 1 unspecified atom stereocenters. The van der Waals surface area contributed by atoms with Gasteiger partial charge in [0.15, 0.2) is 11.6 Å². The zero-order valence-electron chi connectivity index (χ0n) is 17.0. The average Bonchev–Trinajstić information content (AvgIpc) is 2.70. The second-order valence-electron chi connectivity index (χ2n) is 7.74. The number of likely N-dealkylation sites (tertiary alicyclic amines) is 1. The molecule has 4 nitrogen and oxygen atoms in total. The molecule has 29 heavy (non-hydrogen) atoms. The van der Waals surface area contributed by atoms with Crippen molar-refractivity contribution in [1.29, 1.82) is 0 Å². The minimum Gasteiger partial charge on any atom is -0.494 e. The summed E-state index contributed by atoms with van der Waals surface area (Å²) in [6.07, 6.45) is 2.13. The van der Waals surface area contributed by atoms with Crippen LogP contribution in [-0.4, -0.2) is 37.0 Å². The van der Waals surface area contributed by atoms with Crippen molar-refractivity contribution in [3.8, 4) is 5.75 Å². The molecule has 1 atom stereocenters. The van der Waals surface area contributed by atoms with Gasteiger partial charge >= 0.3 is 0 Å². The van der Waals surface area contributed by atoms with E-state index in [9.17, 15) is 13.6 Å². The van der Waals surface area contributed by atoms with Gasteiger partial charge in [0.2, 0.25) is 5.91 Å². The van der Waals surface area contributed by atoms with Crippen LogP contribution in [0.25, 0.3) is 0 Å². The van der Waals surface area contributed by atoms with Crippen LogP contribution in [0.15, 0.2) is 42.5 Å². The third-order valence-electron chi connectivity index (χ3n) is 5.51. The maximum atomic E-state index is 13.8. The largest absolute Gasteiger partial charge is 0.494 e. The van der Waals surface area contributed by atoms with Gasteiger partial charge in [-0.1, -0.05) is 25.1 Å². The van der Waals surface area contributed by atoms with E-state index in [4.69, 9.17) is 4.74 Å². The standard InChI is InChI=1S/C23H28F2N2O2/c1-16(18-4-6-19(24)7-5-18)13-23(28)26-20-9-11-27(12-10-20)15-17-3-8-22(29-2)21(25)14-17/h3-8,14,16,20H,9-13,15H2,1-2H3,(H,26,28). The Hall–Kier alpha value is -2.47. The van der Waals surface area contributed by atoms with Gasteiger partial charge in [0, 0.05) is 32.1 Å². The molecule has 3 rings (SSSR count). The molecule has 0 aromatic heterocycles. The summed E-state index contributed by atoms with van der Waals surface area (Å²) in [7, 11) is 1.46. The summed E-state index contributed by atoms with van der Waals surface area (Å²) in [6.45, 7) is 4.37. The Morgan fingerprint density at radius 2 is 1.86 bits per heavy atom. The molecule has 2 aromatic carbocycles. The van der Waals surface area contributed by atoms with E-state index in [2.05, 4.69) is 10.2 Å². The first kappa shape index (κ1) is 21.2. The molecule has 1 aliphatic heterocycles. The van der Waals surface area contributed by atoms with Gasteiger partial charge in [0.1, 0.15) is 5.82 Å². The molecule has 0 radical (unpaired) electrons. The number of piperidine rings is 1. The minimum atomic E-state index is -0.345. The third kappa shape index (κ3) is 6.00. The molecule has 1 aliphatic rings. The summed E-state index contributed by atoms with van der Waals surface area (Å²) in [6, 6.07) is 11.5. The monoisotopic (exact) mass is 402 g/mol. The van der Waals surface area contributed by atoms with E-state index < -0.39 is 0 Å². The van der Waals surface area contributed by atoms with Crippen molar-refractivity contribution in [2.24, 2.45) is 0 Å². The molecule has 1 N–H and O–H groups in total. The molecule has 1 amide bonds. The number of rotatable bonds is 7. The maximum Gasteiger partial charge on any atom is 0.220 e. The van der Waals surface area contributed by atoms with Gasteiger partial charge < -0.3 is 10.1 Å². The van der Waals surface area contributed by atoms with Crippen LogP contribution in [0, 0.1) is 11.6 Å². The number of hydrogen-bond donors (Lipinski definition) is 1. The van der Waals surface area contributed by atoms with Gasteiger partial charge in [-0.05, 0) is 54.2 Å². The van der Waals surface area contributed by atoms with Crippen LogP contribution in [0.1, 0.15) is 43.2 Å². The summed E-state index contributed by atoms with van der Waals surface area (Å²) in [4.78, 5) is 14.6. The van der Waals surface area contributed by atoms with E-state index >= 15 is 0 Å². The van der Waals surface area contributed by atoms with Gasteiger partial charge in [-0.25, -0.2) is 8.78 Å². The number of carbonyl (C=O) groups is 1. The number of nitrogens with one attached hydrogen (secondary N) is 1. The Morgan fingerprint density at radius 1 is 1.17 bits per heavy atom. The first-order valence-electron chi connectivity index (χ1n) is 10.0. The molecule has 1 heterocycles. The van der Waals surface area contributed by atoms with Crippen molar-refractivity contribution >= 4 is 5.91 Å². The predicted octanol–water partition coefficient (Wildman–Crippen LogP) is 4.25. The van der Waals surface area contributed by atoms with E-state index in [1.165, 1.54) is 25.3 Å². The normalized spacial score (nSPS) is 16.4. The molecule has 0 saturated carbocycles. The molecule has 6 heteroatoms. The van der Waals surface area contributed by atoms with E-state index in [0.29, 0.717) is 13.0 Å². The molecule has 156 valence electrons. The Kier molecular flexibility index (Phi) is 7.20. The number of ether oxygens (including phenoxy) is 1. The van der Waals surface area contributed by atoms with Crippen LogP contribution in [-0.2, 0) is 11.3 Å². The van der Waals surface area contributed by atoms with Crippen molar-refractivity contribution in [3.05, 3.63) is 65.2 Å². The SMILES string of the molecule is COc1ccc(CN2CCC(NC(=O)CC(C)c3ccc(F)cc3)CC2)cc1F. The first-order chi connectivity index (χ1) is 13.9. The quantitative estimate of drug-likeness (QED) is 0.753. The predicted molar refractivity (Wildman–Crippen MR) is 109 cm³/mol. The minimum absolute atomic E-state index is 0.0255. The van der Waals surface area contributed by atoms with Gasteiger partial charge in [-0.2, -0.15) is 0 Å². The molecule has 1 fully saturated rings. The lowest BCUT2D eigenvalue weighted by Gasteiger charge is -2.32. The zero-order valence-corrected chi connectivity index (χ0v) is 17.0. The van der Waals surface area contributed by atoms with Crippen molar-refractivity contribution in [2.45, 2.75) is 44.7 Å². The highest BCUT2D eigenvalue weighted by molar-refractivity contribution is 5.77. The van der Waals surface area contributed by atoms with E-state index in [1.54, 1.807) is 18.2 Å². The molecular weight excluding hydrogens is 374 g/mol. The number of methoxy groups -OCH3 is 1. The summed E-state index contributed by atoms with van der Waals surface area (Å²) < 4.78 is 31.8. The number of carbonyl (C=O) groups excluding carboxylic acids is 1. The summed E-state index contributed by atoms with van der Waals surface area (Å²) in [5.74, 6) is -0.292. The Labute approximate surface area is 170 Å². The first-order valence-corrected chi connectivity index (χ1v) is 10.0. The van der Waals surface area contributed by atoms with E-state index in [1.807, 2.05) is 13.0 Å². The fourth-order valence-corrected chi connectivity index (χ4v) is 3.78. The highest BCUT2D eigenvalue weighted by atomic mass is 19.1. The molecule has 0 spiro atoms. The zero-order chi connectivity index (χ0) is 20.8. The topological polar surface area (TPSA) is 41.6 Å². The van der Waals surface area contributed by atoms with E-state index in [-0.39, 0.29) is 35.3 Å². The second kappa shape index (κ2) is 9.83. The van der Waals surface area contributed by atoms with Crippen molar-refractivity contribution < 1.29 is 18.3 Å². The number of benzene rings is 2. The Bertz CT molecular complexity index is 818. The number of halogens is 2. The molecule has 2 aromatic rings. The van der Waals surface area contributed by atoms with Gasteiger partial charge in [0.25, 0.3) is 0 Å². The van der Waals surface area contributed by atoms with Gasteiger partial charge in [-0.3, -0.25) is 9.69 Å². The number of amides is 1. The summed E-state index contributed by atoms with van der Waals surface area (Å²) in [5, 5.41) is 3.12. The number of hydrogen-bond acceptors (Lipinski definition) is 3. The van der Waals surface area contributed by atoms with E-state index in [0.717, 1.165) is 37.1 Å². The van der Waals surface area contributed by atoms with Crippen LogP contribution in [0.3, 0.4) is 0 Å². The average molecular weight is 402 g/mol. The highest BCUT2D eigenvalue weighted by Gasteiger charge is 2.22. The van der Waals surface area contributed by atoms with Crippen LogP contribution in [0.2, 0.25) is 0 Å². The molecule has 1 saturated heterocycles. The van der Waals surface area contributed by atoms with Crippen molar-refractivity contribution in [3.63, 3.8) is 0 Å². The third-order valence-corrected chi connectivity index (χ3v) is 5.51. The summed E-state index contributed by atoms with van der Waals surface area (Å²) >= 11 is 0. The van der Waals surface area contributed by atoms with Crippen LogP contribution < -0.4 is 10.1 Å². The lowest BCUT2D eigenvalue weighted by molar-refractivity contribution is -0.122. The summed E-state index contributed by atoms with van der Waals surface area (Å²) in [5.41, 5.74) is 1.88. The maximum absolute atomic E-state index is 13.8. The van der Waals surface area contributed by atoms with Crippen molar-refractivity contribution in [2.75, 3.05) is 20.2 Å². The second-order valence-corrected chi connectivity index (χ2v) is 7.74. The lowest BCUT2D eigenvalue weighted by Crippen LogP contribution is -2.44. The van der Waals surface area contributed by atoms with Gasteiger partial charge in [-0.15, -0.1) is 0 Å². The Morgan fingerprint density at radius 3 is 2.48 bits per heavy atom. The number of nitrogens with zero attached hydrogens (tertiary/aromatic N) is 1. The molecular formula is C23H28F2N2O2. The van der Waals surface area contributed by atoms with Crippen LogP contribution >= 0.6 is 0 Å². The van der Waals surface area contributed by atoms with Gasteiger partial charge in [0.05, 0.1) is 7.11 Å². The lowest BCUT2D eigenvalue weighted by atomic mass is 9.96. The van der Waals surface area contributed by atoms with Crippen LogP contribution in [0.4, 0.5) is 8.78 Å². The molecule has 0 bridgehead atoms. The smallest absolute Gasteiger partial charge is 0.220 e. The molecule has 0 aliphatic carbocycles. The van der Waals surface area contributed by atoms with Crippen molar-refractivity contribution in [1.82, 2.24) is 10.2 Å². The fraction of sp³-hybridized carbons (Fsp3) is 0.435. The Balaban J connectivity index is 1.42. The van der Waals surface area contributed by atoms with Crippen LogP contribution in [0.5, 0.6) is 5.75 Å². The fourth-order valence-electron chi connectivity index (χ4n) is 3.78.